The van der Waals surface area contributed by atoms with E-state index in [0.29, 0.717) is 6.04 Å². The van der Waals surface area contributed by atoms with E-state index in [1.165, 1.54) is 11.3 Å². The van der Waals surface area contributed by atoms with Gasteiger partial charge in [0.25, 0.3) is 0 Å². The lowest BCUT2D eigenvalue weighted by atomic mass is 9.86. The van der Waals surface area contributed by atoms with Crippen molar-refractivity contribution in [2.24, 2.45) is 11.5 Å². The van der Waals surface area contributed by atoms with Crippen molar-refractivity contribution in [3.05, 3.63) is 29.8 Å². The van der Waals surface area contributed by atoms with Gasteiger partial charge in [-0.1, -0.05) is 32.9 Å². The number of nitrogens with one attached hydrogen (secondary N) is 1. The SMILES string of the molecule is CC(C)(C)c1ccc(N[C@@H]2C[C@H](N)C[C@H](N)C2)cc1. The van der Waals surface area contributed by atoms with Gasteiger partial charge in [-0.15, -0.1) is 0 Å². The van der Waals surface area contributed by atoms with Gasteiger partial charge < -0.3 is 16.8 Å². The van der Waals surface area contributed by atoms with E-state index in [4.69, 9.17) is 11.5 Å². The minimum atomic E-state index is 0.202. The molecule has 3 nitrogen and oxygen atoms in total. The van der Waals surface area contributed by atoms with Gasteiger partial charge in [0, 0.05) is 23.8 Å². The number of benzene rings is 1. The molecule has 1 aliphatic carbocycles. The van der Waals surface area contributed by atoms with Crippen molar-refractivity contribution in [2.45, 2.75) is 63.6 Å². The van der Waals surface area contributed by atoms with E-state index in [1.54, 1.807) is 0 Å². The molecule has 106 valence electrons. The highest BCUT2D eigenvalue weighted by molar-refractivity contribution is 5.46. The Labute approximate surface area is 116 Å². The van der Waals surface area contributed by atoms with Crippen molar-refractivity contribution < 1.29 is 0 Å². The Bertz CT molecular complexity index is 395. The number of rotatable bonds is 2. The zero-order valence-electron chi connectivity index (χ0n) is 12.3. The van der Waals surface area contributed by atoms with Crippen LogP contribution in [-0.2, 0) is 5.41 Å². The number of nitrogens with two attached hydrogens (primary N) is 2. The fourth-order valence-corrected chi connectivity index (χ4v) is 2.83. The van der Waals surface area contributed by atoms with Gasteiger partial charge in [-0.3, -0.25) is 0 Å². The summed E-state index contributed by atoms with van der Waals surface area (Å²) in [6.45, 7) is 6.69. The number of hydrogen-bond acceptors (Lipinski definition) is 3. The van der Waals surface area contributed by atoms with Crippen LogP contribution in [0.1, 0.15) is 45.6 Å². The molecule has 0 amide bonds. The lowest BCUT2D eigenvalue weighted by Crippen LogP contribution is -2.44. The molecule has 1 saturated carbocycles. The molecule has 0 aliphatic heterocycles. The first-order valence-corrected chi connectivity index (χ1v) is 7.23. The summed E-state index contributed by atoms with van der Waals surface area (Å²) >= 11 is 0. The first-order chi connectivity index (χ1) is 8.84. The van der Waals surface area contributed by atoms with Crippen LogP contribution >= 0.6 is 0 Å². The number of anilines is 1. The molecule has 0 spiro atoms. The van der Waals surface area contributed by atoms with E-state index in [-0.39, 0.29) is 17.5 Å². The van der Waals surface area contributed by atoms with Crippen molar-refractivity contribution in [1.29, 1.82) is 0 Å². The van der Waals surface area contributed by atoms with Crippen molar-refractivity contribution in [3.8, 4) is 0 Å². The van der Waals surface area contributed by atoms with Crippen molar-refractivity contribution in [1.82, 2.24) is 0 Å². The Morgan fingerprint density at radius 1 is 0.947 bits per heavy atom. The van der Waals surface area contributed by atoms with Crippen LogP contribution in [0.15, 0.2) is 24.3 Å². The predicted molar refractivity (Wildman–Crippen MR) is 82.4 cm³/mol. The lowest BCUT2D eigenvalue weighted by molar-refractivity contribution is 0.366. The van der Waals surface area contributed by atoms with E-state index in [2.05, 4.69) is 50.4 Å². The summed E-state index contributed by atoms with van der Waals surface area (Å²) in [5, 5.41) is 3.56. The largest absolute Gasteiger partial charge is 0.382 e. The smallest absolute Gasteiger partial charge is 0.0342 e. The van der Waals surface area contributed by atoms with Crippen LogP contribution in [-0.4, -0.2) is 18.1 Å². The van der Waals surface area contributed by atoms with Crippen molar-refractivity contribution >= 4 is 5.69 Å². The van der Waals surface area contributed by atoms with Gasteiger partial charge in [-0.2, -0.15) is 0 Å². The molecule has 1 aromatic rings. The van der Waals surface area contributed by atoms with E-state index < -0.39 is 0 Å². The fraction of sp³-hybridized carbons (Fsp3) is 0.625. The lowest BCUT2D eigenvalue weighted by Gasteiger charge is -2.32. The molecule has 1 aromatic carbocycles. The maximum Gasteiger partial charge on any atom is 0.0342 e. The summed E-state index contributed by atoms with van der Waals surface area (Å²) in [5.74, 6) is 0. The van der Waals surface area contributed by atoms with Gasteiger partial charge in [-0.05, 0) is 42.4 Å². The minimum Gasteiger partial charge on any atom is -0.382 e. The van der Waals surface area contributed by atoms with Crippen LogP contribution in [0.4, 0.5) is 5.69 Å². The van der Waals surface area contributed by atoms with Crippen LogP contribution in [0, 0.1) is 0 Å². The summed E-state index contributed by atoms with van der Waals surface area (Å²) in [6, 6.07) is 9.58. The summed E-state index contributed by atoms with van der Waals surface area (Å²) in [7, 11) is 0. The quantitative estimate of drug-likeness (QED) is 0.767. The highest BCUT2D eigenvalue weighted by atomic mass is 14.9. The molecule has 0 bridgehead atoms. The molecular formula is C16H27N3. The van der Waals surface area contributed by atoms with Gasteiger partial charge in [0.1, 0.15) is 0 Å². The summed E-state index contributed by atoms with van der Waals surface area (Å²) in [5.41, 5.74) is 14.8. The Morgan fingerprint density at radius 2 is 1.47 bits per heavy atom. The summed E-state index contributed by atoms with van der Waals surface area (Å²) in [4.78, 5) is 0. The number of hydrogen-bond donors (Lipinski definition) is 3. The highest BCUT2D eigenvalue weighted by Gasteiger charge is 2.24. The molecule has 0 radical (unpaired) electrons. The van der Waals surface area contributed by atoms with Gasteiger partial charge in [0.2, 0.25) is 0 Å². The van der Waals surface area contributed by atoms with Gasteiger partial charge in [-0.25, -0.2) is 0 Å². The molecule has 3 heteroatoms. The molecule has 1 fully saturated rings. The van der Waals surface area contributed by atoms with Gasteiger partial charge >= 0.3 is 0 Å². The second-order valence-corrected chi connectivity index (χ2v) is 6.90. The highest BCUT2D eigenvalue weighted by Crippen LogP contribution is 2.25. The molecule has 2 rings (SSSR count). The third-order valence-corrected chi connectivity index (χ3v) is 3.90. The zero-order valence-corrected chi connectivity index (χ0v) is 12.3. The third kappa shape index (κ3) is 3.95. The molecule has 1 aliphatic rings. The Morgan fingerprint density at radius 3 is 1.95 bits per heavy atom. The molecule has 3 atom stereocenters. The maximum absolute atomic E-state index is 6.03. The Balaban J connectivity index is 1.99. The first kappa shape index (κ1) is 14.4. The molecule has 5 N–H and O–H groups in total. The predicted octanol–water partition coefficient (Wildman–Crippen LogP) is 2.60. The molecule has 0 saturated heterocycles. The molecule has 0 aromatic heterocycles. The average molecular weight is 261 g/mol. The minimum absolute atomic E-state index is 0.202. The second-order valence-electron chi connectivity index (χ2n) is 6.90. The van der Waals surface area contributed by atoms with Gasteiger partial charge in [0.15, 0.2) is 0 Å². The Hall–Kier alpha value is -1.06. The average Bonchev–Trinajstić information content (AvgIpc) is 2.26. The monoisotopic (exact) mass is 261 g/mol. The van der Waals surface area contributed by atoms with Crippen molar-refractivity contribution in [2.75, 3.05) is 5.32 Å². The maximum atomic E-state index is 6.03. The van der Waals surface area contributed by atoms with Crippen LogP contribution in [0.25, 0.3) is 0 Å². The summed E-state index contributed by atoms with van der Waals surface area (Å²) in [6.07, 6.45) is 2.96. The normalized spacial score (nSPS) is 28.2. The zero-order chi connectivity index (χ0) is 14.0. The van der Waals surface area contributed by atoms with E-state index in [1.807, 2.05) is 0 Å². The van der Waals surface area contributed by atoms with E-state index >= 15 is 0 Å². The molecule has 0 heterocycles. The third-order valence-electron chi connectivity index (χ3n) is 3.90. The molecular weight excluding hydrogens is 234 g/mol. The van der Waals surface area contributed by atoms with Crippen LogP contribution < -0.4 is 16.8 Å². The Kier molecular flexibility index (Phi) is 4.16. The van der Waals surface area contributed by atoms with Gasteiger partial charge in [0.05, 0.1) is 0 Å². The first-order valence-electron chi connectivity index (χ1n) is 7.23. The van der Waals surface area contributed by atoms with Crippen molar-refractivity contribution in [3.63, 3.8) is 0 Å². The topological polar surface area (TPSA) is 64.1 Å². The molecule has 0 unspecified atom stereocenters. The van der Waals surface area contributed by atoms with Crippen LogP contribution in [0.2, 0.25) is 0 Å². The fourth-order valence-electron chi connectivity index (χ4n) is 2.83. The molecule has 19 heavy (non-hydrogen) atoms. The van der Waals surface area contributed by atoms with E-state index in [0.717, 1.165) is 19.3 Å². The van der Waals surface area contributed by atoms with Crippen LogP contribution in [0.5, 0.6) is 0 Å². The van der Waals surface area contributed by atoms with E-state index in [9.17, 15) is 0 Å². The standard InChI is InChI=1S/C16H27N3/c1-16(2,3)11-4-6-14(7-5-11)19-15-9-12(17)8-13(18)10-15/h4-7,12-13,15,19H,8-10,17-18H2,1-3H3/t12-,13+,15-. The summed E-state index contributed by atoms with van der Waals surface area (Å²) < 4.78 is 0. The second kappa shape index (κ2) is 5.51. The van der Waals surface area contributed by atoms with Crippen LogP contribution in [0.3, 0.4) is 0 Å².